The summed E-state index contributed by atoms with van der Waals surface area (Å²) in [5.41, 5.74) is 0.429. The number of rotatable bonds is 4. The van der Waals surface area contributed by atoms with Crippen LogP contribution >= 0.6 is 0 Å². The molecule has 1 heterocycles. The molecule has 1 amide bonds. The molecule has 1 aliphatic heterocycles. The zero-order chi connectivity index (χ0) is 17.8. The van der Waals surface area contributed by atoms with E-state index < -0.39 is 21.5 Å². The molecule has 0 unspecified atom stereocenters. The topological polar surface area (TPSA) is 84.0 Å². The highest BCUT2D eigenvalue weighted by molar-refractivity contribution is 7.86. The predicted octanol–water partition coefficient (Wildman–Crippen LogP) is 1.29. The van der Waals surface area contributed by atoms with E-state index in [1.54, 1.807) is 4.90 Å². The van der Waals surface area contributed by atoms with Gasteiger partial charge in [0, 0.05) is 19.1 Å². The molecule has 3 aliphatic rings. The molecule has 2 saturated carbocycles. The number of hydrogen-bond donors (Lipinski definition) is 0. The molecule has 0 spiro atoms. The zero-order valence-corrected chi connectivity index (χ0v) is 14.8. The Hall–Kier alpha value is -2.09. The predicted molar refractivity (Wildman–Crippen MR) is 91.8 cm³/mol. The summed E-state index contributed by atoms with van der Waals surface area (Å²) in [6.45, 7) is 1.20. The van der Waals surface area contributed by atoms with Crippen LogP contribution in [0.25, 0.3) is 0 Å². The number of fused-ring (bicyclic) bond motifs is 1. The third-order valence-electron chi connectivity index (χ3n) is 5.06. The number of carbonyl (C=O) groups excluding carboxylic acids is 2. The minimum absolute atomic E-state index is 0.325. The van der Waals surface area contributed by atoms with Gasteiger partial charge in [0.2, 0.25) is 5.91 Å². The molecule has 1 aromatic rings. The number of nitrogens with zero attached hydrogens (tertiary/aromatic N) is 2. The lowest BCUT2D eigenvalue weighted by Crippen LogP contribution is -2.49. The summed E-state index contributed by atoms with van der Waals surface area (Å²) in [6.07, 6.45) is 3.78. The quantitative estimate of drug-likeness (QED) is 0.591. The fourth-order valence-corrected chi connectivity index (χ4v) is 3.90. The van der Waals surface area contributed by atoms with Gasteiger partial charge in [0.25, 0.3) is 0 Å². The van der Waals surface area contributed by atoms with Gasteiger partial charge in [-0.25, -0.2) is 4.79 Å². The van der Waals surface area contributed by atoms with Crippen molar-refractivity contribution in [3.05, 3.63) is 24.3 Å². The summed E-state index contributed by atoms with van der Waals surface area (Å²) >= 11 is 0. The van der Waals surface area contributed by atoms with Crippen LogP contribution in [0.2, 0.25) is 0 Å². The van der Waals surface area contributed by atoms with Gasteiger partial charge < -0.3 is 14.0 Å². The Balaban J connectivity index is 1.62. The highest BCUT2D eigenvalue weighted by Gasteiger charge is 2.61. The molecule has 7 nitrogen and oxygen atoms in total. The zero-order valence-electron chi connectivity index (χ0n) is 14.0. The first-order valence-electron chi connectivity index (χ1n) is 8.43. The van der Waals surface area contributed by atoms with Crippen molar-refractivity contribution >= 4 is 33.4 Å². The first-order valence-corrected chi connectivity index (χ1v) is 10.2. The van der Waals surface area contributed by atoms with Crippen LogP contribution in [0.5, 0.6) is 0 Å². The van der Waals surface area contributed by atoms with Crippen molar-refractivity contribution in [2.75, 3.05) is 29.1 Å². The summed E-state index contributed by atoms with van der Waals surface area (Å²) in [4.78, 5) is 29.3. The van der Waals surface area contributed by atoms with E-state index in [1.807, 2.05) is 24.3 Å². The first kappa shape index (κ1) is 16.4. The molecule has 0 N–H and O–H groups in total. The standard InChI is InChI=1S/C17H20N2O5S/c1-25(22,23)24-16(21)17(8-9-17)15(20)19-11-10-18(12-6-7-12)13-4-2-3-5-14(13)19/h2-5,12H,6-11H2,1H3. The van der Waals surface area contributed by atoms with Gasteiger partial charge in [0.15, 0.2) is 0 Å². The Labute approximate surface area is 146 Å². The molecule has 4 rings (SSSR count). The average Bonchev–Trinajstić information content (AvgIpc) is 3.45. The number of amides is 1. The van der Waals surface area contributed by atoms with Gasteiger partial charge in [-0.15, -0.1) is 0 Å². The molecule has 134 valence electrons. The van der Waals surface area contributed by atoms with Gasteiger partial charge >= 0.3 is 16.1 Å². The molecular formula is C17H20N2O5S. The van der Waals surface area contributed by atoms with E-state index in [2.05, 4.69) is 9.08 Å². The largest absolute Gasteiger partial charge is 0.365 e. The number of hydrogen-bond acceptors (Lipinski definition) is 6. The van der Waals surface area contributed by atoms with Crippen LogP contribution in [0.4, 0.5) is 11.4 Å². The summed E-state index contributed by atoms with van der Waals surface area (Å²) in [5, 5.41) is 0. The fraction of sp³-hybridized carbons (Fsp3) is 0.529. The average molecular weight is 364 g/mol. The Bertz CT molecular complexity index is 842. The lowest BCUT2D eigenvalue weighted by atomic mass is 10.0. The van der Waals surface area contributed by atoms with E-state index in [1.165, 1.54) is 0 Å². The summed E-state index contributed by atoms with van der Waals surface area (Å²) in [5.74, 6) is -1.31. The molecular weight excluding hydrogens is 344 g/mol. The van der Waals surface area contributed by atoms with Crippen LogP contribution in [0.15, 0.2) is 24.3 Å². The number of anilines is 2. The number of benzene rings is 1. The highest BCUT2D eigenvalue weighted by atomic mass is 32.2. The highest BCUT2D eigenvalue weighted by Crippen LogP contribution is 2.50. The van der Waals surface area contributed by atoms with Crippen LogP contribution in [0, 0.1) is 5.41 Å². The SMILES string of the molecule is CS(=O)(=O)OC(=O)C1(C(=O)N2CCN(C3CC3)c3ccccc32)CC1. The fourth-order valence-electron chi connectivity index (χ4n) is 3.47. The molecule has 2 aliphatic carbocycles. The summed E-state index contributed by atoms with van der Waals surface area (Å²) in [7, 11) is -3.93. The summed E-state index contributed by atoms with van der Waals surface area (Å²) in [6, 6.07) is 8.20. The monoisotopic (exact) mass is 364 g/mol. The Morgan fingerprint density at radius 1 is 1.12 bits per heavy atom. The van der Waals surface area contributed by atoms with Crippen molar-refractivity contribution in [3.8, 4) is 0 Å². The van der Waals surface area contributed by atoms with Crippen LogP contribution in [0.1, 0.15) is 25.7 Å². The summed E-state index contributed by atoms with van der Waals surface area (Å²) < 4.78 is 27.0. The van der Waals surface area contributed by atoms with Crippen LogP contribution in [-0.4, -0.2) is 45.7 Å². The van der Waals surface area contributed by atoms with Crippen LogP contribution in [-0.2, 0) is 23.9 Å². The van der Waals surface area contributed by atoms with Crippen molar-refractivity contribution in [1.82, 2.24) is 0 Å². The second-order valence-electron chi connectivity index (χ2n) is 7.03. The smallest absolute Gasteiger partial charge is 0.337 e. The first-order chi connectivity index (χ1) is 11.8. The van der Waals surface area contributed by atoms with E-state index in [-0.39, 0.29) is 5.91 Å². The molecule has 0 aromatic heterocycles. The maximum atomic E-state index is 13.1. The third-order valence-corrected chi connectivity index (χ3v) is 5.51. The van der Waals surface area contributed by atoms with E-state index >= 15 is 0 Å². The van der Waals surface area contributed by atoms with Gasteiger partial charge in [-0.3, -0.25) is 4.79 Å². The van der Waals surface area contributed by atoms with E-state index in [0.717, 1.165) is 30.5 Å². The van der Waals surface area contributed by atoms with E-state index in [0.29, 0.717) is 32.0 Å². The lowest BCUT2D eigenvalue weighted by Gasteiger charge is -2.39. The van der Waals surface area contributed by atoms with Gasteiger partial charge in [-0.1, -0.05) is 12.1 Å². The molecule has 1 aromatic carbocycles. The Morgan fingerprint density at radius 2 is 1.76 bits per heavy atom. The van der Waals surface area contributed by atoms with Crippen molar-refractivity contribution < 1.29 is 22.2 Å². The number of carbonyl (C=O) groups is 2. The van der Waals surface area contributed by atoms with Crippen molar-refractivity contribution in [3.63, 3.8) is 0 Å². The normalized spacial score (nSPS) is 21.5. The molecule has 25 heavy (non-hydrogen) atoms. The molecule has 0 saturated heterocycles. The van der Waals surface area contributed by atoms with E-state index in [9.17, 15) is 18.0 Å². The van der Waals surface area contributed by atoms with Gasteiger partial charge in [0.1, 0.15) is 5.41 Å². The van der Waals surface area contributed by atoms with Crippen LogP contribution in [0.3, 0.4) is 0 Å². The second kappa shape index (κ2) is 5.45. The molecule has 0 radical (unpaired) electrons. The van der Waals surface area contributed by atoms with E-state index in [4.69, 9.17) is 0 Å². The minimum atomic E-state index is -3.93. The maximum absolute atomic E-state index is 13.1. The minimum Gasteiger partial charge on any atom is -0.365 e. The lowest BCUT2D eigenvalue weighted by molar-refractivity contribution is -0.145. The van der Waals surface area contributed by atoms with Crippen molar-refractivity contribution in [1.29, 1.82) is 0 Å². The molecule has 0 bridgehead atoms. The Kier molecular flexibility index (Phi) is 3.57. The third kappa shape index (κ3) is 2.88. The van der Waals surface area contributed by atoms with Crippen molar-refractivity contribution in [2.45, 2.75) is 31.7 Å². The van der Waals surface area contributed by atoms with Gasteiger partial charge in [-0.05, 0) is 37.8 Å². The molecule has 8 heteroatoms. The Morgan fingerprint density at radius 3 is 2.32 bits per heavy atom. The molecule has 0 atom stereocenters. The van der Waals surface area contributed by atoms with Crippen LogP contribution < -0.4 is 9.80 Å². The van der Waals surface area contributed by atoms with Gasteiger partial charge in [0.05, 0.1) is 17.6 Å². The van der Waals surface area contributed by atoms with Gasteiger partial charge in [-0.2, -0.15) is 8.42 Å². The maximum Gasteiger partial charge on any atom is 0.337 e. The van der Waals surface area contributed by atoms with Crippen molar-refractivity contribution in [2.24, 2.45) is 5.41 Å². The second-order valence-corrected chi connectivity index (χ2v) is 8.60. The number of para-hydroxylation sites is 2. The molecule has 2 fully saturated rings.